The number of hydrogen-bond donors (Lipinski definition) is 1. The summed E-state index contributed by atoms with van der Waals surface area (Å²) in [5, 5.41) is 2.78. The Morgan fingerprint density at radius 1 is 1.11 bits per heavy atom. The smallest absolute Gasteiger partial charge is 0.339 e. The SMILES string of the molecule is COc1cc(/C=C/C(=O)NCC(C)C)ccc1OS(=O)(=O)c1ccc(C)cc1. The van der Waals surface area contributed by atoms with Crippen LogP contribution in [0.5, 0.6) is 11.5 Å². The minimum absolute atomic E-state index is 0.0611. The van der Waals surface area contributed by atoms with Gasteiger partial charge in [0.25, 0.3) is 0 Å². The molecule has 0 radical (unpaired) electrons. The monoisotopic (exact) mass is 403 g/mol. The molecule has 0 unspecified atom stereocenters. The largest absolute Gasteiger partial charge is 0.493 e. The molecule has 0 fully saturated rings. The van der Waals surface area contributed by atoms with Gasteiger partial charge in [-0.2, -0.15) is 8.42 Å². The first-order valence-corrected chi connectivity index (χ1v) is 10.3. The Balaban J connectivity index is 2.16. The highest BCUT2D eigenvalue weighted by Gasteiger charge is 2.19. The molecule has 2 rings (SSSR count). The molecule has 0 aromatic heterocycles. The van der Waals surface area contributed by atoms with Gasteiger partial charge < -0.3 is 14.2 Å². The Labute approximate surface area is 166 Å². The summed E-state index contributed by atoms with van der Waals surface area (Å²) >= 11 is 0. The fourth-order valence-corrected chi connectivity index (χ4v) is 3.20. The van der Waals surface area contributed by atoms with Crippen LogP contribution in [-0.2, 0) is 14.9 Å². The molecular weight excluding hydrogens is 378 g/mol. The fourth-order valence-electron chi connectivity index (χ4n) is 2.26. The molecule has 0 aliphatic carbocycles. The van der Waals surface area contributed by atoms with Crippen molar-refractivity contribution in [2.24, 2.45) is 5.92 Å². The van der Waals surface area contributed by atoms with E-state index in [1.165, 1.54) is 31.4 Å². The van der Waals surface area contributed by atoms with E-state index < -0.39 is 10.1 Å². The van der Waals surface area contributed by atoms with Crippen LogP contribution in [0.2, 0.25) is 0 Å². The Morgan fingerprint density at radius 2 is 1.79 bits per heavy atom. The van der Waals surface area contributed by atoms with E-state index in [2.05, 4.69) is 5.32 Å². The summed E-state index contributed by atoms with van der Waals surface area (Å²) in [6.07, 6.45) is 3.04. The highest BCUT2D eigenvalue weighted by Crippen LogP contribution is 2.31. The molecular formula is C21H25NO5S. The number of hydrogen-bond acceptors (Lipinski definition) is 5. The van der Waals surface area contributed by atoms with E-state index in [1.54, 1.807) is 30.3 Å². The van der Waals surface area contributed by atoms with Crippen LogP contribution in [0.15, 0.2) is 53.4 Å². The van der Waals surface area contributed by atoms with Gasteiger partial charge in [0.2, 0.25) is 5.91 Å². The van der Waals surface area contributed by atoms with Gasteiger partial charge in [-0.15, -0.1) is 0 Å². The Morgan fingerprint density at radius 3 is 2.39 bits per heavy atom. The molecule has 7 heteroatoms. The number of amides is 1. The summed E-state index contributed by atoms with van der Waals surface area (Å²) in [6.45, 7) is 6.49. The molecule has 0 aliphatic heterocycles. The third-order valence-electron chi connectivity index (χ3n) is 3.81. The zero-order chi connectivity index (χ0) is 20.7. The zero-order valence-corrected chi connectivity index (χ0v) is 17.2. The van der Waals surface area contributed by atoms with E-state index in [4.69, 9.17) is 8.92 Å². The van der Waals surface area contributed by atoms with Crippen LogP contribution in [0, 0.1) is 12.8 Å². The first-order chi connectivity index (χ1) is 13.2. The van der Waals surface area contributed by atoms with Crippen LogP contribution in [0.1, 0.15) is 25.0 Å². The van der Waals surface area contributed by atoms with Gasteiger partial charge in [0, 0.05) is 12.6 Å². The molecule has 1 N–H and O–H groups in total. The Hall–Kier alpha value is -2.80. The zero-order valence-electron chi connectivity index (χ0n) is 16.4. The van der Waals surface area contributed by atoms with Crippen molar-refractivity contribution in [1.29, 1.82) is 0 Å². The number of rotatable bonds is 8. The van der Waals surface area contributed by atoms with Crippen LogP contribution in [0.4, 0.5) is 0 Å². The molecule has 2 aromatic rings. The van der Waals surface area contributed by atoms with E-state index in [0.29, 0.717) is 18.0 Å². The molecule has 1 amide bonds. The summed E-state index contributed by atoms with van der Waals surface area (Å²) in [6, 6.07) is 11.1. The minimum Gasteiger partial charge on any atom is -0.493 e. The molecule has 6 nitrogen and oxygen atoms in total. The van der Waals surface area contributed by atoms with Gasteiger partial charge in [-0.25, -0.2) is 0 Å². The predicted octanol–water partition coefficient (Wildman–Crippen LogP) is 3.56. The average Bonchev–Trinajstić information content (AvgIpc) is 2.65. The number of carbonyl (C=O) groups is 1. The van der Waals surface area contributed by atoms with E-state index in [1.807, 2.05) is 20.8 Å². The normalized spacial score (nSPS) is 11.6. The second-order valence-electron chi connectivity index (χ2n) is 6.73. The van der Waals surface area contributed by atoms with Gasteiger partial charge in [0.1, 0.15) is 4.90 Å². The van der Waals surface area contributed by atoms with Gasteiger partial charge >= 0.3 is 10.1 Å². The van der Waals surface area contributed by atoms with Crippen molar-refractivity contribution < 1.29 is 22.1 Å². The second kappa shape index (κ2) is 9.41. The van der Waals surface area contributed by atoms with Crippen molar-refractivity contribution in [3.05, 3.63) is 59.7 Å². The lowest BCUT2D eigenvalue weighted by molar-refractivity contribution is -0.116. The third kappa shape index (κ3) is 6.13. The molecule has 0 atom stereocenters. The van der Waals surface area contributed by atoms with Crippen molar-refractivity contribution in [1.82, 2.24) is 5.32 Å². The molecule has 0 aliphatic rings. The number of benzene rings is 2. The number of methoxy groups -OCH3 is 1. The minimum atomic E-state index is -3.98. The summed E-state index contributed by atoms with van der Waals surface area (Å²) in [5.41, 5.74) is 1.63. The lowest BCUT2D eigenvalue weighted by Gasteiger charge is -2.11. The van der Waals surface area contributed by atoms with E-state index in [-0.39, 0.29) is 22.3 Å². The topological polar surface area (TPSA) is 81.7 Å². The second-order valence-corrected chi connectivity index (χ2v) is 8.28. The highest BCUT2D eigenvalue weighted by molar-refractivity contribution is 7.87. The standard InChI is InChI=1S/C21H25NO5S/c1-15(2)14-22-21(23)12-8-17-7-11-19(20(13-17)26-4)27-28(24,25)18-9-5-16(3)6-10-18/h5-13,15H,14H2,1-4H3,(H,22,23)/b12-8+. The van der Waals surface area contributed by atoms with E-state index in [9.17, 15) is 13.2 Å². The molecule has 150 valence electrons. The fraction of sp³-hybridized carbons (Fsp3) is 0.286. The van der Waals surface area contributed by atoms with E-state index in [0.717, 1.165) is 5.56 Å². The van der Waals surface area contributed by atoms with Crippen LogP contribution in [-0.4, -0.2) is 28.0 Å². The highest BCUT2D eigenvalue weighted by atomic mass is 32.2. The maximum absolute atomic E-state index is 12.5. The maximum Gasteiger partial charge on any atom is 0.339 e. The Kier molecular flexibility index (Phi) is 7.23. The van der Waals surface area contributed by atoms with E-state index >= 15 is 0 Å². The predicted molar refractivity (Wildman–Crippen MR) is 109 cm³/mol. The number of carbonyl (C=O) groups excluding carboxylic acids is 1. The molecule has 0 bridgehead atoms. The van der Waals surface area contributed by atoms with Gasteiger partial charge in [0.15, 0.2) is 11.5 Å². The van der Waals surface area contributed by atoms with Crippen molar-refractivity contribution in [3.8, 4) is 11.5 Å². The molecule has 0 saturated carbocycles. The summed E-state index contributed by atoms with van der Waals surface area (Å²) < 4.78 is 35.4. The first-order valence-electron chi connectivity index (χ1n) is 8.86. The van der Waals surface area contributed by atoms with Gasteiger partial charge in [-0.1, -0.05) is 37.6 Å². The van der Waals surface area contributed by atoms with Gasteiger partial charge in [-0.3, -0.25) is 4.79 Å². The quantitative estimate of drug-likeness (QED) is 0.538. The number of ether oxygens (including phenoxy) is 1. The van der Waals surface area contributed by atoms with Crippen LogP contribution in [0.25, 0.3) is 6.08 Å². The molecule has 2 aromatic carbocycles. The summed E-state index contributed by atoms with van der Waals surface area (Å²) in [4.78, 5) is 11.8. The molecule has 0 heterocycles. The van der Waals surface area contributed by atoms with Crippen LogP contribution >= 0.6 is 0 Å². The van der Waals surface area contributed by atoms with Gasteiger partial charge in [-0.05, 0) is 48.7 Å². The maximum atomic E-state index is 12.5. The van der Waals surface area contributed by atoms with Crippen molar-refractivity contribution in [2.75, 3.05) is 13.7 Å². The lowest BCUT2D eigenvalue weighted by atomic mass is 10.2. The van der Waals surface area contributed by atoms with Crippen molar-refractivity contribution >= 4 is 22.1 Å². The van der Waals surface area contributed by atoms with Crippen LogP contribution in [0.3, 0.4) is 0 Å². The summed E-state index contributed by atoms with van der Waals surface area (Å²) in [5.74, 6) is 0.490. The number of aryl methyl sites for hydroxylation is 1. The van der Waals surface area contributed by atoms with Crippen LogP contribution < -0.4 is 14.2 Å². The van der Waals surface area contributed by atoms with Gasteiger partial charge in [0.05, 0.1) is 7.11 Å². The first kappa shape index (κ1) is 21.5. The average molecular weight is 404 g/mol. The van der Waals surface area contributed by atoms with Crippen molar-refractivity contribution in [2.45, 2.75) is 25.7 Å². The molecule has 0 spiro atoms. The number of nitrogens with one attached hydrogen (secondary N) is 1. The summed E-state index contributed by atoms with van der Waals surface area (Å²) in [7, 11) is -2.56. The molecule has 28 heavy (non-hydrogen) atoms. The lowest BCUT2D eigenvalue weighted by Crippen LogP contribution is -2.25. The Bertz CT molecular complexity index is 947. The third-order valence-corrected chi connectivity index (χ3v) is 5.06. The molecule has 0 saturated heterocycles. The van der Waals surface area contributed by atoms with Crippen molar-refractivity contribution in [3.63, 3.8) is 0 Å².